The first-order chi connectivity index (χ1) is 9.16. The maximum atomic E-state index is 13.7. The molecule has 2 nitrogen and oxygen atoms in total. The summed E-state index contributed by atoms with van der Waals surface area (Å²) in [5, 5.41) is 0. The third kappa shape index (κ3) is 3.80. The SMILES string of the molecule is C[C@H](N)c1ccc(OCCc2ccccc2)cc1F. The van der Waals surface area contributed by atoms with Crippen LogP contribution in [0.1, 0.15) is 24.1 Å². The fourth-order valence-corrected chi connectivity index (χ4v) is 1.90. The van der Waals surface area contributed by atoms with Crippen LogP contribution in [0.4, 0.5) is 4.39 Å². The van der Waals surface area contributed by atoms with Crippen LogP contribution in [-0.4, -0.2) is 6.61 Å². The molecule has 0 aliphatic carbocycles. The summed E-state index contributed by atoms with van der Waals surface area (Å²) in [7, 11) is 0. The van der Waals surface area contributed by atoms with E-state index in [0.717, 1.165) is 6.42 Å². The van der Waals surface area contributed by atoms with E-state index in [0.29, 0.717) is 17.9 Å². The zero-order valence-electron chi connectivity index (χ0n) is 11.0. The molecule has 0 saturated carbocycles. The van der Waals surface area contributed by atoms with E-state index in [2.05, 4.69) is 0 Å². The first kappa shape index (κ1) is 13.6. The number of rotatable bonds is 5. The lowest BCUT2D eigenvalue weighted by Crippen LogP contribution is -2.08. The molecular weight excluding hydrogens is 241 g/mol. The number of hydrogen-bond donors (Lipinski definition) is 1. The first-order valence-electron chi connectivity index (χ1n) is 6.38. The molecule has 0 amide bonds. The van der Waals surface area contributed by atoms with Crippen molar-refractivity contribution in [3.8, 4) is 5.75 Å². The van der Waals surface area contributed by atoms with E-state index in [9.17, 15) is 4.39 Å². The highest BCUT2D eigenvalue weighted by atomic mass is 19.1. The highest BCUT2D eigenvalue weighted by molar-refractivity contribution is 5.30. The molecule has 0 bridgehead atoms. The Bertz CT molecular complexity index is 526. The summed E-state index contributed by atoms with van der Waals surface area (Å²) in [5.41, 5.74) is 7.37. The molecule has 0 heterocycles. The van der Waals surface area contributed by atoms with Crippen molar-refractivity contribution < 1.29 is 9.13 Å². The van der Waals surface area contributed by atoms with Crippen LogP contribution in [0.2, 0.25) is 0 Å². The normalized spacial score (nSPS) is 12.2. The van der Waals surface area contributed by atoms with Crippen molar-refractivity contribution in [2.75, 3.05) is 6.61 Å². The van der Waals surface area contributed by atoms with Crippen LogP contribution in [0.5, 0.6) is 5.75 Å². The Kier molecular flexibility index (Phi) is 4.53. The molecular formula is C16H18FNO. The summed E-state index contributed by atoms with van der Waals surface area (Å²) in [6.07, 6.45) is 0.803. The zero-order valence-corrected chi connectivity index (χ0v) is 11.0. The number of hydrogen-bond acceptors (Lipinski definition) is 2. The van der Waals surface area contributed by atoms with Gasteiger partial charge in [-0.2, -0.15) is 0 Å². The molecule has 2 N–H and O–H groups in total. The molecule has 2 rings (SSSR count). The second kappa shape index (κ2) is 6.34. The fourth-order valence-electron chi connectivity index (χ4n) is 1.90. The largest absolute Gasteiger partial charge is 0.493 e. The molecule has 1 atom stereocenters. The standard InChI is InChI=1S/C16H18FNO/c1-12(18)15-8-7-14(11-16(15)17)19-10-9-13-5-3-2-4-6-13/h2-8,11-12H,9-10,18H2,1H3/t12-/m0/s1. The van der Waals surface area contributed by atoms with E-state index in [1.807, 2.05) is 30.3 Å². The van der Waals surface area contributed by atoms with E-state index in [1.165, 1.54) is 11.6 Å². The van der Waals surface area contributed by atoms with Gasteiger partial charge in [-0.25, -0.2) is 4.39 Å². The van der Waals surface area contributed by atoms with E-state index in [1.54, 1.807) is 19.1 Å². The minimum atomic E-state index is -0.313. The first-order valence-corrected chi connectivity index (χ1v) is 6.38. The zero-order chi connectivity index (χ0) is 13.7. The molecule has 0 aliphatic rings. The van der Waals surface area contributed by atoms with Crippen molar-refractivity contribution >= 4 is 0 Å². The summed E-state index contributed by atoms with van der Waals surface area (Å²) >= 11 is 0. The Morgan fingerprint density at radius 1 is 1.16 bits per heavy atom. The summed E-state index contributed by atoms with van der Waals surface area (Å²) in [4.78, 5) is 0. The van der Waals surface area contributed by atoms with Gasteiger partial charge in [0.25, 0.3) is 0 Å². The second-order valence-electron chi connectivity index (χ2n) is 4.56. The van der Waals surface area contributed by atoms with Crippen molar-refractivity contribution in [2.24, 2.45) is 5.73 Å². The van der Waals surface area contributed by atoms with Crippen LogP contribution in [0.25, 0.3) is 0 Å². The third-order valence-corrected chi connectivity index (χ3v) is 2.96. The lowest BCUT2D eigenvalue weighted by Gasteiger charge is -2.10. The maximum Gasteiger partial charge on any atom is 0.131 e. The van der Waals surface area contributed by atoms with Crippen molar-refractivity contribution in [1.29, 1.82) is 0 Å². The van der Waals surface area contributed by atoms with E-state index >= 15 is 0 Å². The maximum absolute atomic E-state index is 13.7. The molecule has 19 heavy (non-hydrogen) atoms. The van der Waals surface area contributed by atoms with Crippen LogP contribution in [-0.2, 0) is 6.42 Å². The monoisotopic (exact) mass is 259 g/mol. The molecule has 0 fully saturated rings. The van der Waals surface area contributed by atoms with Crippen molar-refractivity contribution in [3.63, 3.8) is 0 Å². The van der Waals surface area contributed by atoms with Crippen molar-refractivity contribution in [1.82, 2.24) is 0 Å². The molecule has 3 heteroatoms. The van der Waals surface area contributed by atoms with Crippen LogP contribution in [0.15, 0.2) is 48.5 Å². The molecule has 0 unspecified atom stereocenters. The molecule has 0 spiro atoms. The van der Waals surface area contributed by atoms with Gasteiger partial charge in [0.1, 0.15) is 11.6 Å². The highest BCUT2D eigenvalue weighted by Gasteiger charge is 2.07. The van der Waals surface area contributed by atoms with Gasteiger partial charge in [-0.15, -0.1) is 0 Å². The molecule has 100 valence electrons. The second-order valence-corrected chi connectivity index (χ2v) is 4.56. The summed E-state index contributed by atoms with van der Waals surface area (Å²) < 4.78 is 19.2. The van der Waals surface area contributed by atoms with Gasteiger partial charge < -0.3 is 10.5 Å². The lowest BCUT2D eigenvalue weighted by atomic mass is 10.1. The Morgan fingerprint density at radius 2 is 1.89 bits per heavy atom. The topological polar surface area (TPSA) is 35.2 Å². The molecule has 0 radical (unpaired) electrons. The number of halogens is 1. The van der Waals surface area contributed by atoms with Gasteiger partial charge in [0.2, 0.25) is 0 Å². The van der Waals surface area contributed by atoms with Crippen LogP contribution >= 0.6 is 0 Å². The lowest BCUT2D eigenvalue weighted by molar-refractivity contribution is 0.320. The average Bonchev–Trinajstić information content (AvgIpc) is 2.39. The predicted molar refractivity (Wildman–Crippen MR) is 74.6 cm³/mol. The minimum absolute atomic E-state index is 0.307. The quantitative estimate of drug-likeness (QED) is 0.892. The average molecular weight is 259 g/mol. The summed E-state index contributed by atoms with van der Waals surface area (Å²) in [6.45, 7) is 2.29. The van der Waals surface area contributed by atoms with Crippen molar-refractivity contribution in [2.45, 2.75) is 19.4 Å². The van der Waals surface area contributed by atoms with Gasteiger partial charge in [0.15, 0.2) is 0 Å². The Hall–Kier alpha value is -1.87. The van der Waals surface area contributed by atoms with Gasteiger partial charge in [-0.1, -0.05) is 36.4 Å². The Balaban J connectivity index is 1.92. The summed E-state index contributed by atoms with van der Waals surface area (Å²) in [6, 6.07) is 14.6. The van der Waals surface area contributed by atoms with E-state index in [-0.39, 0.29) is 11.9 Å². The molecule has 0 aromatic heterocycles. The minimum Gasteiger partial charge on any atom is -0.493 e. The molecule has 2 aromatic carbocycles. The number of benzene rings is 2. The number of ether oxygens (including phenoxy) is 1. The smallest absolute Gasteiger partial charge is 0.131 e. The third-order valence-electron chi connectivity index (χ3n) is 2.96. The molecule has 2 aromatic rings. The van der Waals surface area contributed by atoms with Crippen molar-refractivity contribution in [3.05, 3.63) is 65.5 Å². The van der Waals surface area contributed by atoms with Crippen LogP contribution < -0.4 is 10.5 Å². The van der Waals surface area contributed by atoms with Crippen LogP contribution in [0, 0.1) is 5.82 Å². The Labute approximate surface area is 113 Å². The van der Waals surface area contributed by atoms with Gasteiger partial charge in [0.05, 0.1) is 6.61 Å². The van der Waals surface area contributed by atoms with Gasteiger partial charge >= 0.3 is 0 Å². The number of nitrogens with two attached hydrogens (primary N) is 1. The van der Waals surface area contributed by atoms with Crippen LogP contribution in [0.3, 0.4) is 0 Å². The fraction of sp³-hybridized carbons (Fsp3) is 0.250. The van der Waals surface area contributed by atoms with Gasteiger partial charge in [-0.3, -0.25) is 0 Å². The highest BCUT2D eigenvalue weighted by Crippen LogP contribution is 2.20. The molecule has 0 saturated heterocycles. The predicted octanol–water partition coefficient (Wildman–Crippen LogP) is 3.47. The van der Waals surface area contributed by atoms with Gasteiger partial charge in [-0.05, 0) is 18.6 Å². The molecule has 0 aliphatic heterocycles. The van der Waals surface area contributed by atoms with E-state index in [4.69, 9.17) is 10.5 Å². The van der Waals surface area contributed by atoms with Gasteiger partial charge in [0, 0.05) is 24.1 Å². The Morgan fingerprint density at radius 3 is 2.53 bits per heavy atom. The summed E-state index contributed by atoms with van der Waals surface area (Å²) in [5.74, 6) is 0.227. The van der Waals surface area contributed by atoms with E-state index < -0.39 is 0 Å².